The molecule has 0 atom stereocenters. The molecule has 0 bridgehead atoms. The van der Waals surface area contributed by atoms with Gasteiger partial charge >= 0.3 is 0 Å². The lowest BCUT2D eigenvalue weighted by Crippen LogP contribution is -2.32. The molecule has 0 N–H and O–H groups in total. The first-order valence-electron chi connectivity index (χ1n) is 10.2. The summed E-state index contributed by atoms with van der Waals surface area (Å²) in [6.45, 7) is 1.63. The normalized spacial score (nSPS) is 14.3. The van der Waals surface area contributed by atoms with Crippen molar-refractivity contribution in [3.63, 3.8) is 0 Å². The van der Waals surface area contributed by atoms with E-state index in [4.69, 9.17) is 25.8 Å². The quantitative estimate of drug-likeness (QED) is 0.499. The molecule has 8 heteroatoms. The molecule has 3 aromatic carbocycles. The number of fused-ring (bicyclic) bond motifs is 1. The number of hydrogen-bond donors (Lipinski definition) is 0. The van der Waals surface area contributed by atoms with Crippen LogP contribution in [-0.4, -0.2) is 33.0 Å². The van der Waals surface area contributed by atoms with E-state index in [1.165, 1.54) is 23.5 Å². The van der Waals surface area contributed by atoms with E-state index < -0.39 is 10.0 Å². The average Bonchev–Trinajstić information content (AvgIpc) is 3.02. The second kappa shape index (κ2) is 9.92. The number of sulfonamides is 1. The fourth-order valence-electron chi connectivity index (χ4n) is 3.54. The van der Waals surface area contributed by atoms with E-state index in [-0.39, 0.29) is 29.6 Å². The highest BCUT2D eigenvalue weighted by Gasteiger charge is 2.28. The Balaban J connectivity index is 1.50. The van der Waals surface area contributed by atoms with Gasteiger partial charge in [0.15, 0.2) is 0 Å². The number of benzene rings is 3. The van der Waals surface area contributed by atoms with Gasteiger partial charge in [0, 0.05) is 18.7 Å². The monoisotopic (exact) mass is 473 g/mol. The summed E-state index contributed by atoms with van der Waals surface area (Å²) in [6.07, 6.45) is 0. The van der Waals surface area contributed by atoms with Crippen LogP contribution in [0.5, 0.6) is 11.5 Å². The van der Waals surface area contributed by atoms with E-state index in [0.29, 0.717) is 24.7 Å². The zero-order valence-electron chi connectivity index (χ0n) is 17.7. The highest BCUT2D eigenvalue weighted by molar-refractivity contribution is 7.89. The van der Waals surface area contributed by atoms with E-state index in [9.17, 15) is 8.42 Å². The van der Waals surface area contributed by atoms with Crippen molar-refractivity contribution in [1.82, 2.24) is 4.31 Å². The Morgan fingerprint density at radius 3 is 2.53 bits per heavy atom. The van der Waals surface area contributed by atoms with Crippen molar-refractivity contribution in [2.45, 2.75) is 24.7 Å². The summed E-state index contributed by atoms with van der Waals surface area (Å²) in [6, 6.07) is 20.2. The van der Waals surface area contributed by atoms with Gasteiger partial charge in [0.05, 0.1) is 30.2 Å². The van der Waals surface area contributed by atoms with Crippen LogP contribution in [0, 0.1) is 0 Å². The van der Waals surface area contributed by atoms with Crippen molar-refractivity contribution in [2.24, 2.45) is 0 Å². The number of hydrogen-bond acceptors (Lipinski definition) is 5. The van der Waals surface area contributed by atoms with Crippen LogP contribution in [-0.2, 0) is 34.5 Å². The number of halogens is 1. The van der Waals surface area contributed by atoms with Crippen LogP contribution in [0.15, 0.2) is 71.6 Å². The molecule has 4 rings (SSSR count). The molecule has 0 aliphatic carbocycles. The van der Waals surface area contributed by atoms with Crippen LogP contribution in [0.2, 0.25) is 5.02 Å². The first-order chi connectivity index (χ1) is 15.5. The van der Waals surface area contributed by atoms with Gasteiger partial charge in [0.25, 0.3) is 0 Å². The molecule has 0 radical (unpaired) electrons. The Labute approximate surface area is 193 Å². The van der Waals surface area contributed by atoms with E-state index >= 15 is 0 Å². The third kappa shape index (κ3) is 5.07. The average molecular weight is 474 g/mol. The summed E-state index contributed by atoms with van der Waals surface area (Å²) in [5.74, 6) is 1.11. The molecule has 0 unspecified atom stereocenters. The Morgan fingerprint density at radius 1 is 1.00 bits per heavy atom. The largest absolute Gasteiger partial charge is 0.495 e. The molecule has 0 saturated carbocycles. The van der Waals surface area contributed by atoms with Crippen LogP contribution in [0.1, 0.15) is 16.7 Å². The standard InChI is InChI=1S/C24H24ClNO5S/c1-29-24-10-8-21(14-22(24)25)32(27,28)26-11-12-31-23-9-7-19(13-20(23)15-26)17-30-16-18-5-3-2-4-6-18/h2-10,13-14H,11-12,15-17H2,1H3. The fraction of sp³-hybridized carbons (Fsp3) is 0.250. The maximum atomic E-state index is 13.3. The van der Waals surface area contributed by atoms with Crippen molar-refractivity contribution in [2.75, 3.05) is 20.3 Å². The molecule has 1 heterocycles. The molecule has 0 fully saturated rings. The van der Waals surface area contributed by atoms with E-state index in [1.54, 1.807) is 6.07 Å². The Hall–Kier alpha value is -2.58. The molecule has 32 heavy (non-hydrogen) atoms. The molecule has 0 amide bonds. The lowest BCUT2D eigenvalue weighted by atomic mass is 10.1. The third-order valence-electron chi connectivity index (χ3n) is 5.21. The molecule has 0 aromatic heterocycles. The van der Waals surface area contributed by atoms with Gasteiger partial charge < -0.3 is 14.2 Å². The second-order valence-corrected chi connectivity index (χ2v) is 9.75. The topological polar surface area (TPSA) is 65.1 Å². The number of rotatable bonds is 7. The Bertz CT molecular complexity index is 1180. The van der Waals surface area contributed by atoms with Gasteiger partial charge in [-0.3, -0.25) is 0 Å². The molecular formula is C24H24ClNO5S. The molecule has 1 aliphatic rings. The van der Waals surface area contributed by atoms with Crippen LogP contribution < -0.4 is 9.47 Å². The molecule has 6 nitrogen and oxygen atoms in total. The van der Waals surface area contributed by atoms with Gasteiger partial charge in [-0.15, -0.1) is 0 Å². The summed E-state index contributed by atoms with van der Waals surface area (Å²) < 4.78 is 44.7. The van der Waals surface area contributed by atoms with Gasteiger partial charge in [-0.25, -0.2) is 8.42 Å². The first kappa shape index (κ1) is 22.6. The fourth-order valence-corrected chi connectivity index (χ4v) is 5.29. The minimum atomic E-state index is -3.76. The zero-order valence-corrected chi connectivity index (χ0v) is 19.2. The molecule has 0 spiro atoms. The van der Waals surface area contributed by atoms with Crippen LogP contribution in [0.25, 0.3) is 0 Å². The van der Waals surface area contributed by atoms with Crippen molar-refractivity contribution in [3.8, 4) is 11.5 Å². The summed E-state index contributed by atoms with van der Waals surface area (Å²) in [5, 5.41) is 0.248. The smallest absolute Gasteiger partial charge is 0.243 e. The maximum Gasteiger partial charge on any atom is 0.243 e. The lowest BCUT2D eigenvalue weighted by Gasteiger charge is -2.20. The van der Waals surface area contributed by atoms with Gasteiger partial charge in [0.1, 0.15) is 18.1 Å². The van der Waals surface area contributed by atoms with Crippen LogP contribution in [0.4, 0.5) is 0 Å². The van der Waals surface area contributed by atoms with Gasteiger partial charge in [-0.1, -0.05) is 48.0 Å². The van der Waals surface area contributed by atoms with Gasteiger partial charge in [-0.2, -0.15) is 4.31 Å². The first-order valence-corrected chi connectivity index (χ1v) is 12.0. The molecule has 1 aliphatic heterocycles. The zero-order chi connectivity index (χ0) is 22.6. The summed E-state index contributed by atoms with van der Waals surface area (Å²) >= 11 is 6.15. The van der Waals surface area contributed by atoms with E-state index in [1.807, 2.05) is 48.5 Å². The number of ether oxygens (including phenoxy) is 3. The van der Waals surface area contributed by atoms with Crippen LogP contribution in [0.3, 0.4) is 0 Å². The van der Waals surface area contributed by atoms with Crippen molar-refractivity contribution in [3.05, 3.63) is 88.4 Å². The minimum absolute atomic E-state index is 0.120. The minimum Gasteiger partial charge on any atom is -0.495 e. The maximum absolute atomic E-state index is 13.3. The molecule has 168 valence electrons. The number of methoxy groups -OCH3 is 1. The Kier molecular flexibility index (Phi) is 7.01. The van der Waals surface area contributed by atoms with Gasteiger partial charge in [-0.05, 0) is 41.5 Å². The summed E-state index contributed by atoms with van der Waals surface area (Å²) in [4.78, 5) is 0.120. The summed E-state index contributed by atoms with van der Waals surface area (Å²) in [7, 11) is -2.27. The van der Waals surface area contributed by atoms with Crippen molar-refractivity contribution < 1.29 is 22.6 Å². The highest BCUT2D eigenvalue weighted by atomic mass is 35.5. The summed E-state index contributed by atoms with van der Waals surface area (Å²) in [5.41, 5.74) is 2.85. The van der Waals surface area contributed by atoms with Crippen LogP contribution >= 0.6 is 11.6 Å². The molecular weight excluding hydrogens is 450 g/mol. The lowest BCUT2D eigenvalue weighted by molar-refractivity contribution is 0.107. The Morgan fingerprint density at radius 2 is 1.78 bits per heavy atom. The van der Waals surface area contributed by atoms with Crippen molar-refractivity contribution >= 4 is 21.6 Å². The number of nitrogens with zero attached hydrogens (tertiary/aromatic N) is 1. The molecule has 0 saturated heterocycles. The SMILES string of the molecule is COc1ccc(S(=O)(=O)N2CCOc3ccc(COCc4ccccc4)cc3C2)cc1Cl. The van der Waals surface area contributed by atoms with Crippen molar-refractivity contribution in [1.29, 1.82) is 0 Å². The highest BCUT2D eigenvalue weighted by Crippen LogP contribution is 2.31. The van der Waals surface area contributed by atoms with E-state index in [0.717, 1.165) is 16.7 Å². The third-order valence-corrected chi connectivity index (χ3v) is 7.35. The molecule has 3 aromatic rings. The second-order valence-electron chi connectivity index (χ2n) is 7.40. The predicted molar refractivity (Wildman–Crippen MR) is 122 cm³/mol. The van der Waals surface area contributed by atoms with E-state index in [2.05, 4.69) is 0 Å². The van der Waals surface area contributed by atoms with Gasteiger partial charge in [0.2, 0.25) is 10.0 Å². The predicted octanol–water partition coefficient (Wildman–Crippen LogP) is 4.65.